The Labute approximate surface area is 102 Å². The van der Waals surface area contributed by atoms with Crippen molar-refractivity contribution in [2.45, 2.75) is 32.7 Å². The summed E-state index contributed by atoms with van der Waals surface area (Å²) in [6.45, 7) is 7.44. The molecule has 2 unspecified atom stereocenters. The first kappa shape index (κ1) is 12.1. The van der Waals surface area contributed by atoms with Gasteiger partial charge in [0, 0.05) is 24.1 Å². The Morgan fingerprint density at radius 1 is 1.62 bits per heavy atom. The van der Waals surface area contributed by atoms with Gasteiger partial charge in [-0.15, -0.1) is 11.3 Å². The number of ether oxygens (including phenoxy) is 1. The molecule has 0 radical (unpaired) electrons. The summed E-state index contributed by atoms with van der Waals surface area (Å²) in [6, 6.07) is 2.79. The number of rotatable bonds is 5. The van der Waals surface area contributed by atoms with Crippen LogP contribution in [0.1, 0.15) is 23.8 Å². The largest absolute Gasteiger partial charge is 0.381 e. The van der Waals surface area contributed by atoms with Crippen LogP contribution in [0.4, 0.5) is 0 Å². The van der Waals surface area contributed by atoms with Crippen LogP contribution in [0.25, 0.3) is 0 Å². The van der Waals surface area contributed by atoms with E-state index >= 15 is 0 Å². The summed E-state index contributed by atoms with van der Waals surface area (Å²) in [7, 11) is 0. The molecule has 1 aromatic rings. The van der Waals surface area contributed by atoms with Gasteiger partial charge in [-0.1, -0.05) is 0 Å². The molecule has 1 aliphatic rings. The van der Waals surface area contributed by atoms with Crippen LogP contribution in [0, 0.1) is 12.8 Å². The van der Waals surface area contributed by atoms with Crippen LogP contribution in [-0.2, 0) is 11.2 Å². The molecule has 0 aliphatic carbocycles. The molecule has 90 valence electrons. The van der Waals surface area contributed by atoms with Gasteiger partial charge in [0.25, 0.3) is 0 Å². The summed E-state index contributed by atoms with van der Waals surface area (Å²) in [5.74, 6) is 0.712. The molecule has 2 nitrogen and oxygen atoms in total. The smallest absolute Gasteiger partial charge is 0.0509 e. The molecule has 16 heavy (non-hydrogen) atoms. The van der Waals surface area contributed by atoms with E-state index in [0.29, 0.717) is 12.0 Å². The van der Waals surface area contributed by atoms with Crippen LogP contribution < -0.4 is 5.32 Å². The van der Waals surface area contributed by atoms with Gasteiger partial charge >= 0.3 is 0 Å². The average Bonchev–Trinajstić information content (AvgIpc) is 2.90. The third-order valence-electron chi connectivity index (χ3n) is 3.46. The van der Waals surface area contributed by atoms with Crippen LogP contribution in [0.5, 0.6) is 0 Å². The van der Waals surface area contributed by atoms with Gasteiger partial charge in [0.05, 0.1) is 6.61 Å². The van der Waals surface area contributed by atoms with Crippen LogP contribution in [0.3, 0.4) is 0 Å². The van der Waals surface area contributed by atoms with Gasteiger partial charge in [0.2, 0.25) is 0 Å². The van der Waals surface area contributed by atoms with E-state index in [0.717, 1.165) is 26.2 Å². The van der Waals surface area contributed by atoms with Gasteiger partial charge in [0.1, 0.15) is 0 Å². The Morgan fingerprint density at radius 3 is 3.12 bits per heavy atom. The number of hydrogen-bond acceptors (Lipinski definition) is 3. The quantitative estimate of drug-likeness (QED) is 0.853. The lowest BCUT2D eigenvalue weighted by Gasteiger charge is -2.19. The van der Waals surface area contributed by atoms with E-state index in [1.807, 2.05) is 11.3 Å². The summed E-state index contributed by atoms with van der Waals surface area (Å²) in [6.07, 6.45) is 2.37. The van der Waals surface area contributed by atoms with Crippen molar-refractivity contribution in [3.63, 3.8) is 0 Å². The predicted octanol–water partition coefficient (Wildman–Crippen LogP) is 2.61. The van der Waals surface area contributed by atoms with Gasteiger partial charge < -0.3 is 10.1 Å². The second-order valence-corrected chi connectivity index (χ2v) is 5.64. The average molecular weight is 239 g/mol. The Kier molecular flexibility index (Phi) is 4.38. The highest BCUT2D eigenvalue weighted by Crippen LogP contribution is 2.18. The SMILES string of the molecule is Cc1ccsc1CCNC(C)C1CCOC1. The van der Waals surface area contributed by atoms with Crippen LogP contribution in [0.15, 0.2) is 11.4 Å². The first-order chi connectivity index (χ1) is 7.77. The van der Waals surface area contributed by atoms with Crippen molar-refractivity contribution in [2.75, 3.05) is 19.8 Å². The molecular weight excluding hydrogens is 218 g/mol. The van der Waals surface area contributed by atoms with E-state index in [1.54, 1.807) is 0 Å². The zero-order valence-corrected chi connectivity index (χ0v) is 11.0. The van der Waals surface area contributed by atoms with E-state index in [-0.39, 0.29) is 0 Å². The van der Waals surface area contributed by atoms with E-state index in [1.165, 1.54) is 16.9 Å². The maximum absolute atomic E-state index is 5.41. The molecule has 1 fully saturated rings. The Bertz CT molecular complexity index is 317. The minimum atomic E-state index is 0.586. The van der Waals surface area contributed by atoms with Crippen molar-refractivity contribution in [3.8, 4) is 0 Å². The molecule has 1 N–H and O–H groups in total. The van der Waals surface area contributed by atoms with Gasteiger partial charge in [-0.2, -0.15) is 0 Å². The van der Waals surface area contributed by atoms with E-state index in [4.69, 9.17) is 4.74 Å². The molecule has 2 atom stereocenters. The molecule has 0 amide bonds. The highest BCUT2D eigenvalue weighted by molar-refractivity contribution is 7.10. The molecule has 0 saturated carbocycles. The zero-order chi connectivity index (χ0) is 11.4. The fraction of sp³-hybridized carbons (Fsp3) is 0.692. The second-order valence-electron chi connectivity index (χ2n) is 4.64. The maximum Gasteiger partial charge on any atom is 0.0509 e. The number of thiophene rings is 1. The zero-order valence-electron chi connectivity index (χ0n) is 10.2. The third-order valence-corrected chi connectivity index (χ3v) is 4.54. The normalized spacial score (nSPS) is 22.5. The topological polar surface area (TPSA) is 21.3 Å². The number of aryl methyl sites for hydroxylation is 1. The fourth-order valence-corrected chi connectivity index (χ4v) is 3.10. The second kappa shape index (κ2) is 5.80. The van der Waals surface area contributed by atoms with Gasteiger partial charge in [-0.3, -0.25) is 0 Å². The third kappa shape index (κ3) is 3.06. The number of nitrogens with one attached hydrogen (secondary N) is 1. The van der Waals surface area contributed by atoms with Crippen molar-refractivity contribution >= 4 is 11.3 Å². The highest BCUT2D eigenvalue weighted by atomic mass is 32.1. The maximum atomic E-state index is 5.41. The van der Waals surface area contributed by atoms with Crippen molar-refractivity contribution in [1.82, 2.24) is 5.32 Å². The molecule has 2 rings (SSSR count). The predicted molar refractivity (Wildman–Crippen MR) is 69.2 cm³/mol. The molecular formula is C13H21NOS. The monoisotopic (exact) mass is 239 g/mol. The molecule has 1 saturated heterocycles. The molecule has 2 heterocycles. The van der Waals surface area contributed by atoms with Gasteiger partial charge in [0.15, 0.2) is 0 Å². The van der Waals surface area contributed by atoms with Crippen molar-refractivity contribution in [1.29, 1.82) is 0 Å². The van der Waals surface area contributed by atoms with Gasteiger partial charge in [-0.05, 0) is 49.6 Å². The van der Waals surface area contributed by atoms with Crippen LogP contribution in [0.2, 0.25) is 0 Å². The Hall–Kier alpha value is -0.380. The van der Waals surface area contributed by atoms with Crippen LogP contribution in [-0.4, -0.2) is 25.8 Å². The molecule has 1 aliphatic heterocycles. The Morgan fingerprint density at radius 2 is 2.50 bits per heavy atom. The van der Waals surface area contributed by atoms with Crippen molar-refractivity contribution in [2.24, 2.45) is 5.92 Å². The lowest BCUT2D eigenvalue weighted by atomic mass is 10.0. The summed E-state index contributed by atoms with van der Waals surface area (Å²) in [5.41, 5.74) is 1.43. The number of hydrogen-bond donors (Lipinski definition) is 1. The summed E-state index contributed by atoms with van der Waals surface area (Å²) >= 11 is 1.87. The molecule has 0 aromatic carbocycles. The van der Waals surface area contributed by atoms with Crippen molar-refractivity contribution < 1.29 is 4.74 Å². The van der Waals surface area contributed by atoms with E-state index < -0.39 is 0 Å². The van der Waals surface area contributed by atoms with E-state index in [9.17, 15) is 0 Å². The standard InChI is InChI=1S/C13H21NOS/c1-10-5-8-16-13(10)3-6-14-11(2)12-4-7-15-9-12/h5,8,11-12,14H,3-4,6-7,9H2,1-2H3. The summed E-state index contributed by atoms with van der Waals surface area (Å²) < 4.78 is 5.41. The molecule has 1 aromatic heterocycles. The fourth-order valence-electron chi connectivity index (χ4n) is 2.19. The highest BCUT2D eigenvalue weighted by Gasteiger charge is 2.21. The lowest BCUT2D eigenvalue weighted by molar-refractivity contribution is 0.178. The molecule has 0 spiro atoms. The van der Waals surface area contributed by atoms with Gasteiger partial charge in [-0.25, -0.2) is 0 Å². The lowest BCUT2D eigenvalue weighted by Crippen LogP contribution is -2.35. The minimum absolute atomic E-state index is 0.586. The van der Waals surface area contributed by atoms with E-state index in [2.05, 4.69) is 30.6 Å². The first-order valence-corrected chi connectivity index (χ1v) is 6.99. The summed E-state index contributed by atoms with van der Waals surface area (Å²) in [5, 5.41) is 5.80. The summed E-state index contributed by atoms with van der Waals surface area (Å²) in [4.78, 5) is 1.52. The van der Waals surface area contributed by atoms with Crippen molar-refractivity contribution in [3.05, 3.63) is 21.9 Å². The van der Waals surface area contributed by atoms with Crippen LogP contribution >= 0.6 is 11.3 Å². The molecule has 3 heteroatoms. The first-order valence-electron chi connectivity index (χ1n) is 6.11. The minimum Gasteiger partial charge on any atom is -0.381 e. The Balaban J connectivity index is 1.69. The molecule has 0 bridgehead atoms.